The first-order valence-electron chi connectivity index (χ1n) is 9.65. The van der Waals surface area contributed by atoms with Crippen LogP contribution < -0.4 is 5.32 Å². The molecule has 0 spiro atoms. The number of carbonyl (C=O) groups excluding carboxylic acids is 1. The maximum Gasteiger partial charge on any atom is 0.273 e. The zero-order valence-electron chi connectivity index (χ0n) is 16.0. The molecular formula is C20H26N6O. The van der Waals surface area contributed by atoms with Crippen molar-refractivity contribution in [2.75, 3.05) is 32.5 Å². The minimum absolute atomic E-state index is 0.0373. The van der Waals surface area contributed by atoms with E-state index in [1.54, 1.807) is 12.3 Å². The lowest BCUT2D eigenvalue weighted by Gasteiger charge is -2.35. The Labute approximate surface area is 159 Å². The molecule has 1 fully saturated rings. The van der Waals surface area contributed by atoms with Crippen LogP contribution in [0.3, 0.4) is 0 Å². The van der Waals surface area contributed by atoms with Gasteiger partial charge in [-0.25, -0.2) is 9.97 Å². The second kappa shape index (κ2) is 7.60. The molecule has 2 aliphatic heterocycles. The Bertz CT molecular complexity index is 825. The summed E-state index contributed by atoms with van der Waals surface area (Å²) >= 11 is 0. The molecule has 1 amide bonds. The second-order valence-electron chi connectivity index (χ2n) is 7.32. The van der Waals surface area contributed by atoms with Crippen molar-refractivity contribution in [1.29, 1.82) is 0 Å². The number of fused-ring (bicyclic) bond motifs is 1. The van der Waals surface area contributed by atoms with Crippen LogP contribution in [-0.2, 0) is 13.0 Å². The molecule has 0 saturated carbocycles. The zero-order chi connectivity index (χ0) is 18.8. The van der Waals surface area contributed by atoms with E-state index >= 15 is 0 Å². The zero-order valence-corrected chi connectivity index (χ0v) is 16.0. The predicted molar refractivity (Wildman–Crippen MR) is 103 cm³/mol. The van der Waals surface area contributed by atoms with Gasteiger partial charge in [-0.3, -0.25) is 9.78 Å². The third-order valence-electron chi connectivity index (χ3n) is 5.46. The van der Waals surface area contributed by atoms with Crippen molar-refractivity contribution in [2.45, 2.75) is 38.3 Å². The number of carbonyl (C=O) groups is 1. The fourth-order valence-corrected chi connectivity index (χ4v) is 4.02. The number of hydrogen-bond donors (Lipinski definition) is 1. The molecule has 1 atom stereocenters. The van der Waals surface area contributed by atoms with E-state index in [1.807, 2.05) is 24.1 Å². The molecule has 0 aliphatic carbocycles. The van der Waals surface area contributed by atoms with Crippen molar-refractivity contribution in [2.24, 2.45) is 0 Å². The molecule has 4 rings (SSSR count). The van der Waals surface area contributed by atoms with Gasteiger partial charge in [0, 0.05) is 38.4 Å². The van der Waals surface area contributed by atoms with Crippen LogP contribution in [0.4, 0.5) is 5.82 Å². The first-order valence-corrected chi connectivity index (χ1v) is 9.65. The number of nitrogens with zero attached hydrogens (tertiary/aromatic N) is 5. The van der Waals surface area contributed by atoms with Crippen LogP contribution >= 0.6 is 0 Å². The van der Waals surface area contributed by atoms with Crippen LogP contribution in [0.1, 0.15) is 52.9 Å². The lowest BCUT2D eigenvalue weighted by molar-refractivity contribution is 0.0593. The Morgan fingerprint density at radius 3 is 2.89 bits per heavy atom. The van der Waals surface area contributed by atoms with Crippen LogP contribution in [0.25, 0.3) is 0 Å². The highest BCUT2D eigenvalue weighted by Gasteiger charge is 2.32. The Kier molecular flexibility index (Phi) is 5.03. The standard InChI is InChI=1S/C20H26N6O/c1-21-18-14-9-12-25(2)13-16(14)23-19(24-18)17-8-4-6-11-26(17)20(27)15-7-3-5-10-22-15/h3,5,7,10,17H,4,6,8-9,11-13H2,1-2H3,(H,21,23,24). The van der Waals surface area contributed by atoms with Crippen LogP contribution in [0, 0.1) is 0 Å². The molecule has 2 aromatic heterocycles. The molecule has 142 valence electrons. The van der Waals surface area contributed by atoms with Gasteiger partial charge in [-0.1, -0.05) is 6.07 Å². The van der Waals surface area contributed by atoms with Gasteiger partial charge in [0.1, 0.15) is 11.5 Å². The van der Waals surface area contributed by atoms with E-state index in [4.69, 9.17) is 9.97 Å². The third-order valence-corrected chi connectivity index (χ3v) is 5.46. The number of likely N-dealkylation sites (N-methyl/N-ethyl adjacent to an activating group) is 1. The SMILES string of the molecule is CNc1nc(C2CCCCN2C(=O)c2ccccn2)nc2c1CCN(C)C2. The van der Waals surface area contributed by atoms with Gasteiger partial charge < -0.3 is 15.1 Å². The Hall–Kier alpha value is -2.54. The second-order valence-corrected chi connectivity index (χ2v) is 7.32. The minimum Gasteiger partial charge on any atom is -0.373 e. The Balaban J connectivity index is 1.70. The average Bonchev–Trinajstić information content (AvgIpc) is 2.72. The van der Waals surface area contributed by atoms with Crippen molar-refractivity contribution in [3.8, 4) is 0 Å². The summed E-state index contributed by atoms with van der Waals surface area (Å²) in [6, 6.07) is 5.35. The summed E-state index contributed by atoms with van der Waals surface area (Å²) in [7, 11) is 4.02. The van der Waals surface area contributed by atoms with E-state index in [0.29, 0.717) is 5.69 Å². The normalized spacial score (nSPS) is 20.2. The quantitative estimate of drug-likeness (QED) is 0.898. The summed E-state index contributed by atoms with van der Waals surface area (Å²) in [5.41, 5.74) is 2.77. The van der Waals surface area contributed by atoms with E-state index in [1.165, 1.54) is 5.56 Å². The fraction of sp³-hybridized carbons (Fsp3) is 0.500. The number of likely N-dealkylation sites (tertiary alicyclic amines) is 1. The number of amides is 1. The van der Waals surface area contributed by atoms with Crippen LogP contribution in [-0.4, -0.2) is 57.8 Å². The molecule has 2 aromatic rings. The number of rotatable bonds is 3. The topological polar surface area (TPSA) is 74.2 Å². The van der Waals surface area contributed by atoms with Gasteiger partial charge in [-0.2, -0.15) is 0 Å². The molecule has 1 N–H and O–H groups in total. The number of anilines is 1. The largest absolute Gasteiger partial charge is 0.373 e. The first-order chi connectivity index (χ1) is 13.2. The number of piperidine rings is 1. The monoisotopic (exact) mass is 366 g/mol. The number of hydrogen-bond acceptors (Lipinski definition) is 6. The van der Waals surface area contributed by atoms with E-state index in [9.17, 15) is 4.79 Å². The molecular weight excluding hydrogens is 340 g/mol. The summed E-state index contributed by atoms with van der Waals surface area (Å²) in [4.78, 5) is 31.2. The maximum atomic E-state index is 13.1. The van der Waals surface area contributed by atoms with Crippen molar-refractivity contribution in [3.63, 3.8) is 0 Å². The van der Waals surface area contributed by atoms with Crippen molar-refractivity contribution in [3.05, 3.63) is 47.2 Å². The van der Waals surface area contributed by atoms with E-state index in [2.05, 4.69) is 22.2 Å². The smallest absolute Gasteiger partial charge is 0.273 e. The molecule has 2 aliphatic rings. The van der Waals surface area contributed by atoms with Gasteiger partial charge in [0.2, 0.25) is 0 Å². The summed E-state index contributed by atoms with van der Waals surface area (Å²) < 4.78 is 0. The highest BCUT2D eigenvalue weighted by atomic mass is 16.2. The Morgan fingerprint density at radius 2 is 2.11 bits per heavy atom. The molecule has 0 bridgehead atoms. The molecule has 1 saturated heterocycles. The summed E-state index contributed by atoms with van der Waals surface area (Å²) in [5, 5.41) is 3.24. The van der Waals surface area contributed by atoms with Gasteiger partial charge in [0.15, 0.2) is 5.82 Å². The highest BCUT2D eigenvalue weighted by Crippen LogP contribution is 2.32. The lowest BCUT2D eigenvalue weighted by Crippen LogP contribution is -2.40. The van der Waals surface area contributed by atoms with E-state index in [0.717, 1.165) is 62.7 Å². The van der Waals surface area contributed by atoms with Crippen molar-refractivity contribution < 1.29 is 4.79 Å². The summed E-state index contributed by atoms with van der Waals surface area (Å²) in [6.45, 7) is 2.55. The average molecular weight is 366 g/mol. The highest BCUT2D eigenvalue weighted by molar-refractivity contribution is 5.92. The van der Waals surface area contributed by atoms with Crippen LogP contribution in [0.15, 0.2) is 24.4 Å². The summed E-state index contributed by atoms with van der Waals surface area (Å²) in [6.07, 6.45) is 5.57. The molecule has 0 radical (unpaired) electrons. The van der Waals surface area contributed by atoms with Crippen LogP contribution in [0.5, 0.6) is 0 Å². The van der Waals surface area contributed by atoms with E-state index < -0.39 is 0 Å². The third kappa shape index (κ3) is 3.51. The molecule has 27 heavy (non-hydrogen) atoms. The van der Waals surface area contributed by atoms with Gasteiger partial charge in [-0.15, -0.1) is 0 Å². The number of pyridine rings is 1. The fourth-order valence-electron chi connectivity index (χ4n) is 4.02. The Morgan fingerprint density at radius 1 is 1.22 bits per heavy atom. The van der Waals surface area contributed by atoms with Gasteiger partial charge in [0.05, 0.1) is 11.7 Å². The van der Waals surface area contributed by atoms with Gasteiger partial charge in [-0.05, 0) is 44.9 Å². The number of aromatic nitrogens is 3. The minimum atomic E-state index is -0.0992. The van der Waals surface area contributed by atoms with E-state index in [-0.39, 0.29) is 11.9 Å². The maximum absolute atomic E-state index is 13.1. The van der Waals surface area contributed by atoms with Crippen molar-refractivity contribution in [1.82, 2.24) is 24.8 Å². The first kappa shape index (κ1) is 17.9. The molecule has 0 aromatic carbocycles. The van der Waals surface area contributed by atoms with Crippen LogP contribution in [0.2, 0.25) is 0 Å². The molecule has 4 heterocycles. The molecule has 7 nitrogen and oxygen atoms in total. The van der Waals surface area contributed by atoms with Crippen molar-refractivity contribution >= 4 is 11.7 Å². The predicted octanol–water partition coefficient (Wildman–Crippen LogP) is 2.27. The molecule has 7 heteroatoms. The summed E-state index contributed by atoms with van der Waals surface area (Å²) in [5.74, 6) is 1.61. The number of nitrogens with one attached hydrogen (secondary N) is 1. The van der Waals surface area contributed by atoms with Gasteiger partial charge in [0.25, 0.3) is 5.91 Å². The molecule has 1 unspecified atom stereocenters. The lowest BCUT2D eigenvalue weighted by atomic mass is 9.99. The van der Waals surface area contributed by atoms with Gasteiger partial charge >= 0.3 is 0 Å².